The molecule has 17 heteroatoms. The van der Waals surface area contributed by atoms with E-state index < -0.39 is 48.1 Å². The van der Waals surface area contributed by atoms with E-state index in [-0.39, 0.29) is 29.5 Å². The van der Waals surface area contributed by atoms with Crippen molar-refractivity contribution in [2.75, 3.05) is 5.32 Å². The van der Waals surface area contributed by atoms with Crippen molar-refractivity contribution < 1.29 is 32.1 Å². The highest BCUT2D eigenvalue weighted by Gasteiger charge is 2.49. The first-order valence-electron chi connectivity index (χ1n) is 11.4. The Morgan fingerprint density at radius 3 is 2.62 bits per heavy atom. The number of carbonyl (C=O) groups is 3. The minimum Gasteiger partial charge on any atom is -0.337 e. The molecule has 202 valence electrons. The lowest BCUT2D eigenvalue weighted by Crippen LogP contribution is -2.65. The Balaban J connectivity index is 1.28. The zero-order valence-corrected chi connectivity index (χ0v) is 20.2. The van der Waals surface area contributed by atoms with Crippen LogP contribution in [0.1, 0.15) is 24.5 Å². The van der Waals surface area contributed by atoms with Crippen LogP contribution in [0.3, 0.4) is 0 Å². The molecule has 0 bridgehead atoms. The molecule has 0 aliphatic carbocycles. The van der Waals surface area contributed by atoms with Crippen molar-refractivity contribution in [1.82, 2.24) is 40.2 Å². The summed E-state index contributed by atoms with van der Waals surface area (Å²) in [5, 5.41) is 8.87. The van der Waals surface area contributed by atoms with Crippen LogP contribution in [0.4, 0.5) is 23.8 Å². The molecule has 4 amide bonds. The van der Waals surface area contributed by atoms with Crippen LogP contribution in [0.5, 0.6) is 0 Å². The van der Waals surface area contributed by atoms with Gasteiger partial charge >= 0.3 is 12.2 Å². The summed E-state index contributed by atoms with van der Waals surface area (Å²) >= 11 is 0. The Hall–Kier alpha value is -4.96. The number of halogens is 3. The molecule has 1 saturated heterocycles. The third-order valence-electron chi connectivity index (χ3n) is 5.91. The number of pyridine rings is 1. The zero-order chi connectivity index (χ0) is 27.9. The fraction of sp³-hybridized carbons (Fsp3) is 0.318. The molecule has 1 fully saturated rings. The van der Waals surface area contributed by atoms with E-state index >= 15 is 0 Å². The molecule has 3 atom stereocenters. The molecule has 0 saturated carbocycles. The van der Waals surface area contributed by atoms with E-state index in [0.717, 1.165) is 17.3 Å². The summed E-state index contributed by atoms with van der Waals surface area (Å²) in [7, 11) is 0. The van der Waals surface area contributed by atoms with Crippen LogP contribution in [-0.2, 0) is 22.3 Å². The maximum absolute atomic E-state index is 13.2. The topological polar surface area (TPSA) is 172 Å². The molecular weight excluding hydrogens is 525 g/mol. The summed E-state index contributed by atoms with van der Waals surface area (Å²) in [6.45, 7) is 2.87. The monoisotopic (exact) mass is 544 g/mol. The van der Waals surface area contributed by atoms with Gasteiger partial charge in [-0.25, -0.2) is 24.7 Å². The second-order valence-corrected chi connectivity index (χ2v) is 8.58. The standard InChI is InChI=1S/C22H19F3N10O4/c1-10(18(36)31-14-5-3-4-13(30-14)12-6-26-20(27-7-12)22(23,24)25)35-9-28-17-16(35)19(37)34(21(38)32-17)8-15-29-11(2)33-39-15/h3-7,9-10,16-17H,8H2,1-2H3,(H,32,38)(H,30,31,36). The van der Waals surface area contributed by atoms with Crippen molar-refractivity contribution in [2.24, 2.45) is 4.99 Å². The first-order chi connectivity index (χ1) is 18.5. The van der Waals surface area contributed by atoms with Crippen LogP contribution in [-0.4, -0.2) is 77.3 Å². The fourth-order valence-corrected chi connectivity index (χ4v) is 3.98. The van der Waals surface area contributed by atoms with E-state index in [1.807, 2.05) is 0 Å². The van der Waals surface area contributed by atoms with Gasteiger partial charge in [0.25, 0.3) is 5.91 Å². The van der Waals surface area contributed by atoms with Gasteiger partial charge < -0.3 is 20.1 Å². The fourth-order valence-electron chi connectivity index (χ4n) is 3.98. The highest BCUT2D eigenvalue weighted by atomic mass is 19.4. The lowest BCUT2D eigenvalue weighted by Gasteiger charge is -2.37. The van der Waals surface area contributed by atoms with Crippen LogP contribution in [0.15, 0.2) is 40.1 Å². The number of aliphatic imine (C=N–C) groups is 1. The van der Waals surface area contributed by atoms with Gasteiger partial charge in [0.05, 0.1) is 12.0 Å². The van der Waals surface area contributed by atoms with E-state index in [1.165, 1.54) is 30.3 Å². The van der Waals surface area contributed by atoms with Crippen LogP contribution in [0.25, 0.3) is 11.3 Å². The van der Waals surface area contributed by atoms with Crippen LogP contribution in [0.2, 0.25) is 0 Å². The predicted octanol–water partition coefficient (Wildman–Crippen LogP) is 1.37. The number of aryl methyl sites for hydroxylation is 1. The second-order valence-electron chi connectivity index (χ2n) is 8.58. The van der Waals surface area contributed by atoms with E-state index in [2.05, 4.69) is 40.7 Å². The van der Waals surface area contributed by atoms with E-state index in [1.54, 1.807) is 13.0 Å². The van der Waals surface area contributed by atoms with Crippen molar-refractivity contribution in [3.63, 3.8) is 0 Å². The average Bonchev–Trinajstić information content (AvgIpc) is 3.51. The number of imide groups is 1. The number of alkyl halides is 3. The Morgan fingerprint density at radius 2 is 1.95 bits per heavy atom. The molecule has 5 rings (SSSR count). The third kappa shape index (κ3) is 5.10. The molecule has 3 unspecified atom stereocenters. The number of hydrogen-bond acceptors (Lipinski definition) is 11. The first-order valence-corrected chi connectivity index (χ1v) is 11.4. The largest absolute Gasteiger partial charge is 0.451 e. The summed E-state index contributed by atoms with van der Waals surface area (Å²) in [4.78, 5) is 60.2. The van der Waals surface area contributed by atoms with Gasteiger partial charge in [-0.1, -0.05) is 11.2 Å². The Kier molecular flexibility index (Phi) is 6.41. The maximum atomic E-state index is 13.2. The SMILES string of the molecule is Cc1noc(CN2C(=O)NC3N=CN(C(C)C(=O)Nc4cccc(-c5cnc(C(F)(F)F)nc5)n4)C3C2=O)n1. The van der Waals surface area contributed by atoms with Crippen molar-refractivity contribution in [1.29, 1.82) is 0 Å². The summed E-state index contributed by atoms with van der Waals surface area (Å²) < 4.78 is 43.2. The first kappa shape index (κ1) is 25.7. The van der Waals surface area contributed by atoms with Crippen molar-refractivity contribution in [3.8, 4) is 11.3 Å². The number of anilines is 1. The van der Waals surface area contributed by atoms with Gasteiger partial charge in [0, 0.05) is 18.0 Å². The number of nitrogens with one attached hydrogen (secondary N) is 2. The van der Waals surface area contributed by atoms with Gasteiger partial charge in [-0.3, -0.25) is 14.5 Å². The average molecular weight is 544 g/mol. The minimum absolute atomic E-state index is 0.0649. The van der Waals surface area contributed by atoms with Crippen LogP contribution < -0.4 is 10.6 Å². The quantitative estimate of drug-likeness (QED) is 0.462. The number of aromatic nitrogens is 5. The summed E-state index contributed by atoms with van der Waals surface area (Å²) in [6, 6.07) is 1.92. The van der Waals surface area contributed by atoms with Crippen molar-refractivity contribution in [2.45, 2.75) is 44.8 Å². The molecule has 0 aromatic carbocycles. The van der Waals surface area contributed by atoms with E-state index in [9.17, 15) is 27.6 Å². The number of nitrogens with zero attached hydrogens (tertiary/aromatic N) is 8. The molecule has 0 radical (unpaired) electrons. The predicted molar refractivity (Wildman–Crippen MR) is 124 cm³/mol. The second kappa shape index (κ2) is 9.73. The highest BCUT2D eigenvalue weighted by Crippen LogP contribution is 2.27. The minimum atomic E-state index is -4.68. The molecule has 39 heavy (non-hydrogen) atoms. The van der Waals surface area contributed by atoms with Crippen LogP contribution >= 0.6 is 0 Å². The summed E-state index contributed by atoms with van der Waals surface area (Å²) in [5.74, 6) is -1.94. The maximum Gasteiger partial charge on any atom is 0.451 e. The number of urea groups is 1. The van der Waals surface area contributed by atoms with Gasteiger partial charge in [-0.15, -0.1) is 0 Å². The van der Waals surface area contributed by atoms with Crippen molar-refractivity contribution in [3.05, 3.63) is 48.1 Å². The molecule has 3 aromatic rings. The molecule has 14 nitrogen and oxygen atoms in total. The molecule has 0 spiro atoms. The Labute approximate surface area is 217 Å². The molecule has 3 aromatic heterocycles. The lowest BCUT2D eigenvalue weighted by atomic mass is 10.1. The molecule has 2 aliphatic heterocycles. The molecule has 5 heterocycles. The van der Waals surface area contributed by atoms with E-state index in [0.29, 0.717) is 5.82 Å². The number of carbonyl (C=O) groups excluding carboxylic acids is 3. The van der Waals surface area contributed by atoms with Gasteiger partial charge in [-0.2, -0.15) is 18.2 Å². The van der Waals surface area contributed by atoms with Crippen LogP contribution in [0, 0.1) is 6.92 Å². The number of rotatable bonds is 6. The number of amides is 4. The molecular formula is C22H19F3N10O4. The number of fused-ring (bicyclic) bond motifs is 1. The van der Waals surface area contributed by atoms with Crippen molar-refractivity contribution >= 4 is 30.0 Å². The smallest absolute Gasteiger partial charge is 0.337 e. The highest BCUT2D eigenvalue weighted by molar-refractivity contribution is 6.03. The lowest BCUT2D eigenvalue weighted by molar-refractivity contribution is -0.145. The third-order valence-corrected chi connectivity index (χ3v) is 5.91. The van der Waals surface area contributed by atoms with Gasteiger partial charge in [0.15, 0.2) is 18.0 Å². The summed E-state index contributed by atoms with van der Waals surface area (Å²) in [6.07, 6.45) is -2.31. The molecule has 2 aliphatic rings. The Bertz CT molecular complexity index is 1460. The van der Waals surface area contributed by atoms with Gasteiger partial charge in [0.2, 0.25) is 17.6 Å². The number of hydrogen-bond donors (Lipinski definition) is 2. The molecule has 2 N–H and O–H groups in total. The van der Waals surface area contributed by atoms with E-state index in [4.69, 9.17) is 4.52 Å². The zero-order valence-electron chi connectivity index (χ0n) is 20.2. The van der Waals surface area contributed by atoms with Gasteiger partial charge in [-0.05, 0) is 26.0 Å². The normalized spacial score (nSPS) is 19.6. The summed E-state index contributed by atoms with van der Waals surface area (Å²) in [5.41, 5.74) is 0.441. The Morgan fingerprint density at radius 1 is 1.21 bits per heavy atom. The van der Waals surface area contributed by atoms with Gasteiger partial charge in [0.1, 0.15) is 18.4 Å².